The summed E-state index contributed by atoms with van der Waals surface area (Å²) in [6.45, 7) is 4.17. The second-order valence-corrected chi connectivity index (χ2v) is 4.38. The highest BCUT2D eigenvalue weighted by molar-refractivity contribution is 6.17. The number of alkyl halides is 1. The van der Waals surface area contributed by atoms with Gasteiger partial charge in [0.05, 0.1) is 18.2 Å². The molecule has 1 aromatic carbocycles. The number of aromatic nitrogens is 1. The molecule has 1 aromatic heterocycles. The molecular formula is C14H15ClN2O3. The van der Waals surface area contributed by atoms with Crippen LogP contribution in [0.2, 0.25) is 0 Å². The second-order valence-electron chi connectivity index (χ2n) is 4.11. The lowest BCUT2D eigenvalue weighted by Gasteiger charge is -2.10. The van der Waals surface area contributed by atoms with Gasteiger partial charge in [-0.1, -0.05) is 0 Å². The number of nitrogens with one attached hydrogen (secondary N) is 1. The van der Waals surface area contributed by atoms with Gasteiger partial charge >= 0.3 is 0 Å². The quantitative estimate of drug-likeness (QED) is 0.859. The number of ether oxygens (including phenoxy) is 1. The van der Waals surface area contributed by atoms with Crippen LogP contribution in [0.4, 0.5) is 5.69 Å². The van der Waals surface area contributed by atoms with Gasteiger partial charge < -0.3 is 14.5 Å². The number of carbonyl (C=O) groups excluding carboxylic acids is 1. The fourth-order valence-electron chi connectivity index (χ4n) is 1.77. The van der Waals surface area contributed by atoms with Gasteiger partial charge in [-0.15, -0.1) is 11.6 Å². The van der Waals surface area contributed by atoms with Crippen LogP contribution in [0.15, 0.2) is 29.0 Å². The van der Waals surface area contributed by atoms with Crippen LogP contribution in [0, 0.1) is 6.92 Å². The van der Waals surface area contributed by atoms with Crippen molar-refractivity contribution in [3.63, 3.8) is 0 Å². The van der Waals surface area contributed by atoms with Gasteiger partial charge in [-0.2, -0.15) is 0 Å². The van der Waals surface area contributed by atoms with Crippen molar-refractivity contribution in [1.82, 2.24) is 4.98 Å². The van der Waals surface area contributed by atoms with Gasteiger partial charge in [-0.3, -0.25) is 4.79 Å². The molecule has 5 nitrogen and oxygen atoms in total. The van der Waals surface area contributed by atoms with Gasteiger partial charge in [0.1, 0.15) is 5.75 Å². The number of benzene rings is 1. The maximum atomic E-state index is 12.0. The Labute approximate surface area is 121 Å². The summed E-state index contributed by atoms with van der Waals surface area (Å²) < 4.78 is 10.5. The van der Waals surface area contributed by atoms with Crippen molar-refractivity contribution in [3.8, 4) is 5.75 Å². The molecule has 0 aliphatic rings. The predicted octanol–water partition coefficient (Wildman–Crippen LogP) is 3.37. The molecule has 1 amide bonds. The van der Waals surface area contributed by atoms with Crippen molar-refractivity contribution in [2.75, 3.05) is 11.9 Å². The molecule has 20 heavy (non-hydrogen) atoms. The zero-order chi connectivity index (χ0) is 14.5. The number of nitrogens with zero attached hydrogens (tertiary/aromatic N) is 1. The Morgan fingerprint density at radius 2 is 2.30 bits per heavy atom. The van der Waals surface area contributed by atoms with Crippen LogP contribution in [0.5, 0.6) is 5.75 Å². The molecule has 2 aromatic rings. The van der Waals surface area contributed by atoms with E-state index in [4.69, 9.17) is 20.8 Å². The number of amides is 1. The highest BCUT2D eigenvalue weighted by Crippen LogP contribution is 2.25. The molecule has 6 heteroatoms. The average Bonchev–Trinajstić information content (AvgIpc) is 2.87. The first-order chi connectivity index (χ1) is 9.65. The van der Waals surface area contributed by atoms with Crippen molar-refractivity contribution < 1.29 is 13.9 Å². The molecule has 106 valence electrons. The van der Waals surface area contributed by atoms with Gasteiger partial charge in [-0.05, 0) is 32.0 Å². The molecule has 1 heterocycles. The Kier molecular flexibility index (Phi) is 4.63. The first-order valence-corrected chi connectivity index (χ1v) is 6.72. The Balaban J connectivity index is 2.18. The normalized spacial score (nSPS) is 10.3. The first-order valence-electron chi connectivity index (χ1n) is 6.18. The Hall–Kier alpha value is -2.01. The molecule has 0 aliphatic carbocycles. The van der Waals surface area contributed by atoms with Crippen LogP contribution in [-0.4, -0.2) is 17.5 Å². The lowest BCUT2D eigenvalue weighted by atomic mass is 10.2. The lowest BCUT2D eigenvalue weighted by molar-refractivity contribution is 0.0996. The van der Waals surface area contributed by atoms with E-state index >= 15 is 0 Å². The summed E-state index contributed by atoms with van der Waals surface area (Å²) in [4.78, 5) is 15.9. The minimum atomic E-state index is -0.343. The Morgan fingerprint density at radius 1 is 1.50 bits per heavy atom. The molecule has 0 spiro atoms. The fourth-order valence-corrected chi connectivity index (χ4v) is 1.97. The number of oxazole rings is 1. The molecule has 0 aliphatic heterocycles. The average molecular weight is 295 g/mol. The molecule has 0 saturated carbocycles. The number of anilines is 1. The summed E-state index contributed by atoms with van der Waals surface area (Å²) in [5, 5.41) is 2.74. The molecule has 2 rings (SSSR count). The van der Waals surface area contributed by atoms with Crippen LogP contribution < -0.4 is 10.1 Å². The summed E-state index contributed by atoms with van der Waals surface area (Å²) in [5.41, 5.74) is 2.00. The van der Waals surface area contributed by atoms with Gasteiger partial charge in [0.15, 0.2) is 6.39 Å². The largest absolute Gasteiger partial charge is 0.494 e. The highest BCUT2D eigenvalue weighted by atomic mass is 35.5. The SMILES string of the molecule is CCOc1ccc(NC(=O)c2ocnc2C)cc1CCl. The van der Waals surface area contributed by atoms with E-state index in [1.165, 1.54) is 6.39 Å². The van der Waals surface area contributed by atoms with Gasteiger partial charge in [0.2, 0.25) is 5.76 Å². The van der Waals surface area contributed by atoms with E-state index < -0.39 is 0 Å². The van der Waals surface area contributed by atoms with Crippen molar-refractivity contribution in [3.05, 3.63) is 41.6 Å². The van der Waals surface area contributed by atoms with E-state index in [1.807, 2.05) is 6.92 Å². The second kappa shape index (κ2) is 6.43. The standard InChI is InChI=1S/C14H15ClN2O3/c1-3-19-12-5-4-11(6-10(12)7-15)17-14(18)13-9(2)16-8-20-13/h4-6,8H,3,7H2,1-2H3,(H,17,18). The number of aryl methyl sites for hydroxylation is 1. The van der Waals surface area contributed by atoms with Gasteiger partial charge in [-0.25, -0.2) is 4.98 Å². The smallest absolute Gasteiger partial charge is 0.293 e. The van der Waals surface area contributed by atoms with Crippen LogP contribution >= 0.6 is 11.6 Å². The van der Waals surface area contributed by atoms with Crippen molar-refractivity contribution in [2.45, 2.75) is 19.7 Å². The fraction of sp³-hybridized carbons (Fsp3) is 0.286. The van der Waals surface area contributed by atoms with Crippen LogP contribution in [0.1, 0.15) is 28.7 Å². The molecule has 0 radical (unpaired) electrons. The van der Waals surface area contributed by atoms with E-state index in [1.54, 1.807) is 25.1 Å². The van der Waals surface area contributed by atoms with Gasteiger partial charge in [0, 0.05) is 11.3 Å². The van der Waals surface area contributed by atoms with Crippen LogP contribution in [0.3, 0.4) is 0 Å². The minimum Gasteiger partial charge on any atom is -0.494 e. The Bertz CT molecular complexity index is 610. The topological polar surface area (TPSA) is 64.4 Å². The van der Waals surface area contributed by atoms with Crippen molar-refractivity contribution >= 4 is 23.2 Å². The number of hydrogen-bond donors (Lipinski definition) is 1. The number of rotatable bonds is 5. The molecule has 0 saturated heterocycles. The first kappa shape index (κ1) is 14.4. The van der Waals surface area contributed by atoms with Crippen molar-refractivity contribution in [2.24, 2.45) is 0 Å². The van der Waals surface area contributed by atoms with E-state index in [0.717, 1.165) is 11.3 Å². The third kappa shape index (κ3) is 3.11. The van der Waals surface area contributed by atoms with E-state index in [0.29, 0.717) is 23.9 Å². The Morgan fingerprint density at radius 3 is 2.90 bits per heavy atom. The number of carbonyl (C=O) groups is 1. The molecule has 1 N–H and O–H groups in total. The predicted molar refractivity (Wildman–Crippen MR) is 76.4 cm³/mol. The molecular weight excluding hydrogens is 280 g/mol. The minimum absolute atomic E-state index is 0.200. The maximum Gasteiger partial charge on any atom is 0.293 e. The lowest BCUT2D eigenvalue weighted by Crippen LogP contribution is -2.12. The summed E-state index contributed by atoms with van der Waals surface area (Å²) in [6.07, 6.45) is 1.24. The summed E-state index contributed by atoms with van der Waals surface area (Å²) in [7, 11) is 0. The molecule has 0 unspecified atom stereocenters. The molecule has 0 atom stereocenters. The third-order valence-corrected chi connectivity index (χ3v) is 3.00. The van der Waals surface area contributed by atoms with Crippen molar-refractivity contribution in [1.29, 1.82) is 0 Å². The van der Waals surface area contributed by atoms with Crippen LogP contribution in [0.25, 0.3) is 0 Å². The van der Waals surface area contributed by atoms with E-state index in [-0.39, 0.29) is 11.7 Å². The number of halogens is 1. The summed E-state index contributed by atoms with van der Waals surface area (Å²) >= 11 is 5.88. The number of hydrogen-bond acceptors (Lipinski definition) is 4. The third-order valence-electron chi connectivity index (χ3n) is 2.71. The highest BCUT2D eigenvalue weighted by Gasteiger charge is 2.14. The van der Waals surface area contributed by atoms with Crippen LogP contribution in [-0.2, 0) is 5.88 Å². The molecule has 0 bridgehead atoms. The van der Waals surface area contributed by atoms with E-state index in [2.05, 4.69) is 10.3 Å². The summed E-state index contributed by atoms with van der Waals surface area (Å²) in [5.74, 6) is 0.882. The maximum absolute atomic E-state index is 12.0. The van der Waals surface area contributed by atoms with E-state index in [9.17, 15) is 4.79 Å². The molecule has 0 fully saturated rings. The monoisotopic (exact) mass is 294 g/mol. The summed E-state index contributed by atoms with van der Waals surface area (Å²) in [6, 6.07) is 5.32. The van der Waals surface area contributed by atoms with Gasteiger partial charge in [0.25, 0.3) is 5.91 Å². The zero-order valence-electron chi connectivity index (χ0n) is 11.3. The zero-order valence-corrected chi connectivity index (χ0v) is 12.0.